The Labute approximate surface area is 92.4 Å². The van der Waals surface area contributed by atoms with E-state index in [9.17, 15) is 9.59 Å². The molecule has 0 heterocycles. The molecule has 80 valence electrons. The molecule has 0 fully saturated rings. The lowest BCUT2D eigenvalue weighted by molar-refractivity contribution is -0.115. The van der Waals surface area contributed by atoms with Crippen molar-refractivity contribution in [2.75, 3.05) is 17.7 Å². The lowest BCUT2D eigenvalue weighted by Gasteiger charge is -2.16. The fourth-order valence-corrected chi connectivity index (χ4v) is 1.48. The van der Waals surface area contributed by atoms with Crippen LogP contribution in [0.25, 0.3) is 0 Å². The van der Waals surface area contributed by atoms with Crippen molar-refractivity contribution >= 4 is 28.6 Å². The Morgan fingerprint density at radius 3 is 2.47 bits per heavy atom. The summed E-state index contributed by atoms with van der Waals surface area (Å²) in [6, 6.07) is 9.22. The van der Waals surface area contributed by atoms with Gasteiger partial charge in [-0.2, -0.15) is 0 Å². The van der Waals surface area contributed by atoms with E-state index in [0.29, 0.717) is 0 Å². The minimum Gasteiger partial charge on any atom is -0.361 e. The standard InChI is InChI=1S/C10H12N2O2S/c1-12(8-5-3-2-4-6-8)9(13)7-15-10(11)14/h2-6H,7H2,1H3,(H2,11,14). The predicted molar refractivity (Wildman–Crippen MR) is 61.9 cm³/mol. The highest BCUT2D eigenvalue weighted by Gasteiger charge is 2.11. The number of primary amides is 1. The van der Waals surface area contributed by atoms with E-state index in [-0.39, 0.29) is 11.7 Å². The van der Waals surface area contributed by atoms with E-state index in [0.717, 1.165) is 17.4 Å². The Bertz CT molecular complexity index is 354. The van der Waals surface area contributed by atoms with Gasteiger partial charge in [0.25, 0.3) is 5.24 Å². The van der Waals surface area contributed by atoms with Crippen LogP contribution in [0.2, 0.25) is 0 Å². The Kier molecular flexibility index (Phi) is 4.17. The molecule has 1 aromatic rings. The second-order valence-electron chi connectivity index (χ2n) is 2.90. The molecule has 2 amide bonds. The van der Waals surface area contributed by atoms with Crippen LogP contribution in [0.15, 0.2) is 30.3 Å². The highest BCUT2D eigenvalue weighted by atomic mass is 32.2. The monoisotopic (exact) mass is 224 g/mol. The third-order valence-corrected chi connectivity index (χ3v) is 2.53. The maximum Gasteiger partial charge on any atom is 0.276 e. The quantitative estimate of drug-likeness (QED) is 0.845. The van der Waals surface area contributed by atoms with Gasteiger partial charge in [-0.25, -0.2) is 0 Å². The maximum absolute atomic E-state index is 11.5. The summed E-state index contributed by atoms with van der Waals surface area (Å²) in [6.45, 7) is 0. The average Bonchev–Trinajstić information content (AvgIpc) is 2.26. The molecule has 0 atom stereocenters. The number of hydrogen-bond donors (Lipinski definition) is 1. The van der Waals surface area contributed by atoms with Gasteiger partial charge < -0.3 is 10.6 Å². The average molecular weight is 224 g/mol. The third-order valence-electron chi connectivity index (χ3n) is 1.86. The van der Waals surface area contributed by atoms with Gasteiger partial charge >= 0.3 is 0 Å². The summed E-state index contributed by atoms with van der Waals surface area (Å²) in [6.07, 6.45) is 0. The van der Waals surface area contributed by atoms with Crippen LogP contribution in [0.4, 0.5) is 10.5 Å². The highest BCUT2D eigenvalue weighted by Crippen LogP contribution is 2.12. The van der Waals surface area contributed by atoms with E-state index < -0.39 is 5.24 Å². The lowest BCUT2D eigenvalue weighted by atomic mass is 10.3. The van der Waals surface area contributed by atoms with Crippen molar-refractivity contribution in [2.24, 2.45) is 5.73 Å². The van der Waals surface area contributed by atoms with E-state index in [1.165, 1.54) is 4.90 Å². The number of para-hydroxylation sites is 1. The molecule has 4 nitrogen and oxygen atoms in total. The summed E-state index contributed by atoms with van der Waals surface area (Å²) in [4.78, 5) is 23.5. The molecule has 1 rings (SSSR count). The van der Waals surface area contributed by atoms with Gasteiger partial charge in [0, 0.05) is 12.7 Å². The van der Waals surface area contributed by atoms with E-state index >= 15 is 0 Å². The number of nitrogens with zero attached hydrogens (tertiary/aromatic N) is 1. The lowest BCUT2D eigenvalue weighted by Crippen LogP contribution is -2.28. The second-order valence-corrected chi connectivity index (χ2v) is 3.88. The van der Waals surface area contributed by atoms with Gasteiger partial charge in [0.2, 0.25) is 5.91 Å². The van der Waals surface area contributed by atoms with Crippen LogP contribution in [-0.4, -0.2) is 23.9 Å². The molecular weight excluding hydrogens is 212 g/mol. The van der Waals surface area contributed by atoms with Crippen molar-refractivity contribution in [3.8, 4) is 0 Å². The molecule has 0 aliphatic heterocycles. The van der Waals surface area contributed by atoms with E-state index in [2.05, 4.69) is 0 Å². The summed E-state index contributed by atoms with van der Waals surface area (Å²) in [7, 11) is 1.67. The van der Waals surface area contributed by atoms with Gasteiger partial charge in [0.15, 0.2) is 0 Å². The van der Waals surface area contributed by atoms with E-state index in [1.807, 2.05) is 30.3 Å². The Morgan fingerprint density at radius 1 is 1.33 bits per heavy atom. The van der Waals surface area contributed by atoms with E-state index in [1.54, 1.807) is 7.05 Å². The molecule has 15 heavy (non-hydrogen) atoms. The third kappa shape index (κ3) is 3.63. The summed E-state index contributed by atoms with van der Waals surface area (Å²) in [5.74, 6) is -0.0780. The molecule has 0 saturated heterocycles. The molecule has 0 aromatic heterocycles. The van der Waals surface area contributed by atoms with Crippen molar-refractivity contribution < 1.29 is 9.59 Å². The number of rotatable bonds is 3. The van der Waals surface area contributed by atoms with Gasteiger partial charge in [-0.15, -0.1) is 0 Å². The number of benzene rings is 1. The first-order valence-corrected chi connectivity index (χ1v) is 5.33. The number of thioether (sulfide) groups is 1. The zero-order valence-electron chi connectivity index (χ0n) is 8.34. The van der Waals surface area contributed by atoms with Crippen molar-refractivity contribution in [2.45, 2.75) is 0 Å². The molecular formula is C10H12N2O2S. The number of anilines is 1. The fourth-order valence-electron chi connectivity index (χ4n) is 1.03. The summed E-state index contributed by atoms with van der Waals surface area (Å²) in [5, 5.41) is -0.537. The second kappa shape index (κ2) is 5.41. The molecule has 1 aromatic carbocycles. The van der Waals surface area contributed by atoms with Gasteiger partial charge in [-0.3, -0.25) is 9.59 Å². The largest absolute Gasteiger partial charge is 0.361 e. The van der Waals surface area contributed by atoms with Gasteiger partial charge in [0.1, 0.15) is 0 Å². The van der Waals surface area contributed by atoms with Gasteiger partial charge in [-0.05, 0) is 12.1 Å². The minimum atomic E-state index is -0.537. The van der Waals surface area contributed by atoms with Crippen molar-refractivity contribution in [3.63, 3.8) is 0 Å². The number of nitrogens with two attached hydrogens (primary N) is 1. The van der Waals surface area contributed by atoms with Crippen molar-refractivity contribution in [3.05, 3.63) is 30.3 Å². The van der Waals surface area contributed by atoms with Crippen LogP contribution in [0.5, 0.6) is 0 Å². The molecule has 0 saturated carbocycles. The Hall–Kier alpha value is -1.49. The smallest absolute Gasteiger partial charge is 0.276 e. The first kappa shape index (κ1) is 11.6. The summed E-state index contributed by atoms with van der Waals surface area (Å²) >= 11 is 0.810. The van der Waals surface area contributed by atoms with Crippen LogP contribution >= 0.6 is 11.8 Å². The van der Waals surface area contributed by atoms with E-state index in [4.69, 9.17) is 5.73 Å². The Balaban J connectivity index is 2.57. The number of amides is 2. The van der Waals surface area contributed by atoms with Gasteiger partial charge in [0.05, 0.1) is 5.75 Å². The topological polar surface area (TPSA) is 63.4 Å². The minimum absolute atomic E-state index is 0.0702. The molecule has 0 aliphatic carbocycles. The molecule has 5 heteroatoms. The number of hydrogen-bond acceptors (Lipinski definition) is 3. The molecule has 0 unspecified atom stereocenters. The van der Waals surface area contributed by atoms with Crippen molar-refractivity contribution in [1.82, 2.24) is 0 Å². The van der Waals surface area contributed by atoms with Crippen molar-refractivity contribution in [1.29, 1.82) is 0 Å². The summed E-state index contributed by atoms with van der Waals surface area (Å²) < 4.78 is 0. The Morgan fingerprint density at radius 2 is 1.93 bits per heavy atom. The summed E-state index contributed by atoms with van der Waals surface area (Å²) in [5.41, 5.74) is 5.73. The molecule has 0 aliphatic rings. The number of carbonyl (C=O) groups is 2. The van der Waals surface area contributed by atoms with Gasteiger partial charge in [-0.1, -0.05) is 30.0 Å². The van der Waals surface area contributed by atoms with Crippen LogP contribution < -0.4 is 10.6 Å². The van der Waals surface area contributed by atoms with Crippen LogP contribution in [0.1, 0.15) is 0 Å². The van der Waals surface area contributed by atoms with Crippen LogP contribution in [-0.2, 0) is 4.79 Å². The van der Waals surface area contributed by atoms with Crippen LogP contribution in [0.3, 0.4) is 0 Å². The highest BCUT2D eigenvalue weighted by molar-refractivity contribution is 8.14. The van der Waals surface area contributed by atoms with Crippen LogP contribution in [0, 0.1) is 0 Å². The zero-order valence-corrected chi connectivity index (χ0v) is 9.16. The first-order chi connectivity index (χ1) is 7.11. The maximum atomic E-state index is 11.5. The molecule has 0 bridgehead atoms. The molecule has 0 spiro atoms. The fraction of sp³-hybridized carbons (Fsp3) is 0.200. The molecule has 0 radical (unpaired) electrons. The zero-order chi connectivity index (χ0) is 11.3. The normalized spacial score (nSPS) is 9.67. The predicted octanol–water partition coefficient (Wildman–Crippen LogP) is 1.46. The SMILES string of the molecule is CN(C(=O)CSC(N)=O)c1ccccc1. The molecule has 2 N–H and O–H groups in total. The number of carbonyl (C=O) groups excluding carboxylic acids is 2. The first-order valence-electron chi connectivity index (χ1n) is 4.35.